The van der Waals surface area contributed by atoms with Gasteiger partial charge in [0.05, 0.1) is 11.0 Å². The summed E-state index contributed by atoms with van der Waals surface area (Å²) in [6.45, 7) is 0. The summed E-state index contributed by atoms with van der Waals surface area (Å²) in [5, 5.41) is 37.2. The van der Waals surface area contributed by atoms with E-state index in [4.69, 9.17) is 10.4 Å². The Bertz CT molecular complexity index is 521. The maximum atomic E-state index is 10.8. The van der Waals surface area contributed by atoms with Crippen molar-refractivity contribution in [1.29, 1.82) is 5.26 Å². The highest BCUT2D eigenvalue weighted by Crippen LogP contribution is 2.25. The van der Waals surface area contributed by atoms with E-state index in [0.29, 0.717) is 5.56 Å². The van der Waals surface area contributed by atoms with Crippen LogP contribution in [0.4, 0.5) is 5.69 Å². The second-order valence-electron chi connectivity index (χ2n) is 3.54. The summed E-state index contributed by atoms with van der Waals surface area (Å²) in [4.78, 5) is 20.7. The SMILES string of the molecule is N#CCCc1ccc(C(O)C(=O)O)cc1[N+](=O)[O-]. The van der Waals surface area contributed by atoms with Crippen LogP contribution in [0.1, 0.15) is 23.7 Å². The lowest BCUT2D eigenvalue weighted by Crippen LogP contribution is -2.11. The number of nitro benzene ring substituents is 1. The van der Waals surface area contributed by atoms with E-state index in [1.165, 1.54) is 12.1 Å². The molecule has 94 valence electrons. The van der Waals surface area contributed by atoms with Crippen molar-refractivity contribution in [3.63, 3.8) is 0 Å². The van der Waals surface area contributed by atoms with E-state index in [1.807, 2.05) is 6.07 Å². The Morgan fingerprint density at radius 2 is 2.22 bits per heavy atom. The maximum absolute atomic E-state index is 10.8. The zero-order valence-electron chi connectivity index (χ0n) is 9.24. The molecule has 1 rings (SSSR count). The Balaban J connectivity index is 3.15. The van der Waals surface area contributed by atoms with Gasteiger partial charge in [0, 0.05) is 18.1 Å². The van der Waals surface area contributed by atoms with E-state index in [2.05, 4.69) is 0 Å². The van der Waals surface area contributed by atoms with Gasteiger partial charge in [-0.25, -0.2) is 4.79 Å². The molecule has 0 radical (unpaired) electrons. The summed E-state index contributed by atoms with van der Waals surface area (Å²) in [7, 11) is 0. The van der Waals surface area contributed by atoms with Crippen LogP contribution in [-0.2, 0) is 11.2 Å². The highest BCUT2D eigenvalue weighted by molar-refractivity contribution is 5.74. The Morgan fingerprint density at radius 1 is 1.56 bits per heavy atom. The third-order valence-corrected chi connectivity index (χ3v) is 2.36. The van der Waals surface area contributed by atoms with E-state index in [-0.39, 0.29) is 24.1 Å². The number of carbonyl (C=O) groups is 1. The largest absolute Gasteiger partial charge is 0.479 e. The number of nitrogens with zero attached hydrogens (tertiary/aromatic N) is 2. The van der Waals surface area contributed by atoms with Crippen LogP contribution in [0.3, 0.4) is 0 Å². The molecule has 18 heavy (non-hydrogen) atoms. The van der Waals surface area contributed by atoms with E-state index < -0.39 is 17.0 Å². The number of aliphatic hydroxyl groups excluding tert-OH is 1. The highest BCUT2D eigenvalue weighted by atomic mass is 16.6. The first kappa shape index (κ1) is 13.6. The molecule has 0 aliphatic carbocycles. The molecule has 0 spiro atoms. The number of carboxylic acids is 1. The predicted molar refractivity (Wildman–Crippen MR) is 59.6 cm³/mol. The standard InChI is InChI=1S/C11H10N2O5/c12-5-1-2-7-3-4-8(10(14)11(15)16)6-9(7)13(17)18/h3-4,6,10,14H,1-2H2,(H,15,16). The lowest BCUT2D eigenvalue weighted by Gasteiger charge is -2.07. The van der Waals surface area contributed by atoms with Crippen molar-refractivity contribution in [2.24, 2.45) is 0 Å². The van der Waals surface area contributed by atoms with Gasteiger partial charge in [0.15, 0.2) is 6.10 Å². The number of nitro groups is 1. The molecule has 0 aliphatic heterocycles. The number of aliphatic carboxylic acids is 1. The summed E-state index contributed by atoms with van der Waals surface area (Å²) < 4.78 is 0. The van der Waals surface area contributed by atoms with Crippen molar-refractivity contribution in [3.8, 4) is 6.07 Å². The van der Waals surface area contributed by atoms with Crippen LogP contribution in [0.5, 0.6) is 0 Å². The fourth-order valence-corrected chi connectivity index (χ4v) is 1.47. The van der Waals surface area contributed by atoms with Crippen LogP contribution in [0.25, 0.3) is 0 Å². The second kappa shape index (κ2) is 5.75. The molecular weight excluding hydrogens is 240 g/mol. The first-order chi connectivity index (χ1) is 8.47. The molecule has 0 aliphatic rings. The molecule has 0 saturated carbocycles. The molecule has 1 aromatic rings. The van der Waals surface area contributed by atoms with E-state index in [0.717, 1.165) is 6.07 Å². The first-order valence-electron chi connectivity index (χ1n) is 5.02. The lowest BCUT2D eigenvalue weighted by atomic mass is 10.0. The average molecular weight is 250 g/mol. The fourth-order valence-electron chi connectivity index (χ4n) is 1.47. The summed E-state index contributed by atoms with van der Waals surface area (Å²) >= 11 is 0. The summed E-state index contributed by atoms with van der Waals surface area (Å²) in [5.74, 6) is -1.48. The second-order valence-corrected chi connectivity index (χ2v) is 3.54. The van der Waals surface area contributed by atoms with Gasteiger partial charge < -0.3 is 10.2 Å². The molecule has 2 N–H and O–H groups in total. The third kappa shape index (κ3) is 3.02. The van der Waals surface area contributed by atoms with Crippen LogP contribution < -0.4 is 0 Å². The lowest BCUT2D eigenvalue weighted by molar-refractivity contribution is -0.385. The normalized spacial score (nSPS) is 11.6. The quantitative estimate of drug-likeness (QED) is 0.596. The van der Waals surface area contributed by atoms with Gasteiger partial charge in [-0.1, -0.05) is 12.1 Å². The van der Waals surface area contributed by atoms with E-state index in [9.17, 15) is 20.0 Å². The van der Waals surface area contributed by atoms with Gasteiger partial charge in [0.1, 0.15) is 0 Å². The van der Waals surface area contributed by atoms with Gasteiger partial charge >= 0.3 is 5.97 Å². The monoisotopic (exact) mass is 250 g/mol. The number of nitriles is 1. The fraction of sp³-hybridized carbons (Fsp3) is 0.273. The third-order valence-electron chi connectivity index (χ3n) is 2.36. The molecule has 0 aromatic heterocycles. The van der Waals surface area contributed by atoms with E-state index in [1.54, 1.807) is 0 Å². The number of hydrogen-bond donors (Lipinski definition) is 2. The van der Waals surface area contributed by atoms with Gasteiger partial charge in [-0.3, -0.25) is 10.1 Å². The van der Waals surface area contributed by atoms with Crippen LogP contribution in [-0.4, -0.2) is 21.1 Å². The molecule has 0 fully saturated rings. The van der Waals surface area contributed by atoms with Gasteiger partial charge in [-0.05, 0) is 12.0 Å². The molecule has 1 atom stereocenters. The van der Waals surface area contributed by atoms with Crippen molar-refractivity contribution in [3.05, 3.63) is 39.4 Å². The van der Waals surface area contributed by atoms with Crippen molar-refractivity contribution in [2.75, 3.05) is 0 Å². The number of benzene rings is 1. The smallest absolute Gasteiger partial charge is 0.337 e. The Kier molecular flexibility index (Phi) is 4.34. The van der Waals surface area contributed by atoms with Gasteiger partial charge in [0.25, 0.3) is 5.69 Å². The maximum Gasteiger partial charge on any atom is 0.337 e. The molecule has 1 unspecified atom stereocenters. The minimum atomic E-state index is -1.80. The molecule has 7 heteroatoms. The van der Waals surface area contributed by atoms with Crippen LogP contribution in [0, 0.1) is 21.4 Å². The number of aryl methyl sites for hydroxylation is 1. The van der Waals surface area contributed by atoms with Crippen LogP contribution in [0.2, 0.25) is 0 Å². The number of hydrogen-bond acceptors (Lipinski definition) is 5. The summed E-state index contributed by atoms with van der Waals surface area (Å²) in [6.07, 6.45) is -1.47. The first-order valence-corrected chi connectivity index (χ1v) is 5.02. The zero-order valence-corrected chi connectivity index (χ0v) is 9.24. The van der Waals surface area contributed by atoms with Gasteiger partial charge in [-0.2, -0.15) is 5.26 Å². The molecule has 7 nitrogen and oxygen atoms in total. The molecular formula is C11H10N2O5. The van der Waals surface area contributed by atoms with Crippen molar-refractivity contribution in [2.45, 2.75) is 18.9 Å². The summed E-state index contributed by atoms with van der Waals surface area (Å²) in [5.41, 5.74) is -0.0131. The van der Waals surface area contributed by atoms with Gasteiger partial charge in [-0.15, -0.1) is 0 Å². The molecule has 0 bridgehead atoms. The zero-order chi connectivity index (χ0) is 13.7. The van der Waals surface area contributed by atoms with Crippen molar-refractivity contribution < 1.29 is 19.9 Å². The Hall–Kier alpha value is -2.46. The van der Waals surface area contributed by atoms with E-state index >= 15 is 0 Å². The highest BCUT2D eigenvalue weighted by Gasteiger charge is 2.21. The Morgan fingerprint density at radius 3 is 2.72 bits per heavy atom. The average Bonchev–Trinajstić information content (AvgIpc) is 2.34. The molecule has 0 saturated heterocycles. The topological polar surface area (TPSA) is 124 Å². The number of aliphatic hydroxyl groups is 1. The van der Waals surface area contributed by atoms with Crippen molar-refractivity contribution in [1.82, 2.24) is 0 Å². The van der Waals surface area contributed by atoms with Gasteiger partial charge in [0.2, 0.25) is 0 Å². The molecule has 0 heterocycles. The minimum absolute atomic E-state index is 0.0603. The van der Waals surface area contributed by atoms with Crippen molar-refractivity contribution >= 4 is 11.7 Å². The summed E-state index contributed by atoms with van der Waals surface area (Å²) in [6, 6.07) is 5.55. The van der Waals surface area contributed by atoms with Crippen LogP contribution in [0.15, 0.2) is 18.2 Å². The minimum Gasteiger partial charge on any atom is -0.479 e. The predicted octanol–water partition coefficient (Wildman–Crippen LogP) is 1.17. The number of carboxylic acid groups (broad SMARTS) is 1. The van der Waals surface area contributed by atoms with Crippen LogP contribution >= 0.6 is 0 Å². The number of rotatable bonds is 5. The Labute approximate surface area is 102 Å². The molecule has 0 amide bonds. The molecule has 1 aromatic carbocycles.